The summed E-state index contributed by atoms with van der Waals surface area (Å²) in [5, 5.41) is 9.28. The molecule has 3 nitrogen and oxygen atoms in total. The Morgan fingerprint density at radius 2 is 2.05 bits per heavy atom. The predicted octanol–water partition coefficient (Wildman–Crippen LogP) is 4.49. The summed E-state index contributed by atoms with van der Waals surface area (Å²) in [4.78, 5) is 10.9. The maximum atomic E-state index is 10.9. The molecule has 1 N–H and O–H groups in total. The number of rotatable bonds is 3. The molecule has 2 aromatic rings. The Hall–Kier alpha value is -2.00. The summed E-state index contributed by atoms with van der Waals surface area (Å²) in [6.07, 6.45) is 3.06. The highest BCUT2D eigenvalue weighted by molar-refractivity contribution is 6.32. The highest BCUT2D eigenvalue weighted by Crippen LogP contribution is 2.36. The Labute approximate surface area is 128 Å². The number of halogens is 1. The van der Waals surface area contributed by atoms with Gasteiger partial charge in [0.15, 0.2) is 0 Å². The van der Waals surface area contributed by atoms with Crippen LogP contribution in [-0.2, 0) is 6.42 Å². The van der Waals surface area contributed by atoms with Gasteiger partial charge in [-0.2, -0.15) is 0 Å². The first-order valence-electron chi connectivity index (χ1n) is 6.92. The first-order chi connectivity index (χ1) is 10.1. The molecule has 2 aromatic carbocycles. The summed E-state index contributed by atoms with van der Waals surface area (Å²) < 4.78 is 6.02. The molecule has 0 aromatic heterocycles. The van der Waals surface area contributed by atoms with Gasteiger partial charge in [-0.1, -0.05) is 35.9 Å². The molecule has 0 heterocycles. The van der Waals surface area contributed by atoms with Crippen molar-refractivity contribution >= 4 is 17.6 Å². The molecule has 0 fully saturated rings. The molecule has 0 bridgehead atoms. The lowest BCUT2D eigenvalue weighted by atomic mass is 9.89. The minimum Gasteiger partial charge on any atom is -0.484 e. The summed E-state index contributed by atoms with van der Waals surface area (Å²) in [5.74, 6) is -0.463. The quantitative estimate of drug-likeness (QED) is 0.908. The van der Waals surface area contributed by atoms with E-state index in [0.29, 0.717) is 10.8 Å². The normalized spacial score (nSPS) is 17.1. The fraction of sp³-hybridized carbons (Fsp3) is 0.235. The molecular weight excluding hydrogens is 288 g/mol. The van der Waals surface area contributed by atoms with Crippen LogP contribution in [0.1, 0.15) is 40.4 Å². The van der Waals surface area contributed by atoms with Crippen molar-refractivity contribution in [2.45, 2.75) is 25.4 Å². The maximum Gasteiger partial charge on any atom is 0.335 e. The second-order valence-electron chi connectivity index (χ2n) is 5.15. The Balaban J connectivity index is 1.86. The highest BCUT2D eigenvalue weighted by Gasteiger charge is 2.22. The number of hydrogen-bond acceptors (Lipinski definition) is 2. The lowest BCUT2D eigenvalue weighted by Crippen LogP contribution is -2.15. The third kappa shape index (κ3) is 2.88. The Morgan fingerprint density at radius 1 is 1.24 bits per heavy atom. The van der Waals surface area contributed by atoms with Gasteiger partial charge in [0, 0.05) is 0 Å². The molecule has 1 atom stereocenters. The zero-order valence-corrected chi connectivity index (χ0v) is 12.1. The van der Waals surface area contributed by atoms with Crippen molar-refractivity contribution < 1.29 is 14.6 Å². The molecular formula is C17H15ClO3. The number of carboxylic acids is 1. The lowest BCUT2D eigenvalue weighted by Gasteiger charge is -2.26. The standard InChI is InChI=1S/C17H15ClO3/c18-14-10-12(17(19)20)8-9-16(14)21-15-7-3-5-11-4-1-2-6-13(11)15/h1-2,4,6,8-10,15H,3,5,7H2,(H,19,20). The fourth-order valence-electron chi connectivity index (χ4n) is 2.71. The van der Waals surface area contributed by atoms with Crippen LogP contribution in [0.4, 0.5) is 0 Å². The van der Waals surface area contributed by atoms with E-state index in [1.54, 1.807) is 6.07 Å². The summed E-state index contributed by atoms with van der Waals surface area (Å²) in [7, 11) is 0. The number of aromatic carboxylic acids is 1. The van der Waals surface area contributed by atoms with Crippen LogP contribution in [0.25, 0.3) is 0 Å². The average Bonchev–Trinajstić information content (AvgIpc) is 2.49. The maximum absolute atomic E-state index is 10.9. The molecule has 0 spiro atoms. The Morgan fingerprint density at radius 3 is 2.81 bits per heavy atom. The van der Waals surface area contributed by atoms with E-state index in [9.17, 15) is 4.79 Å². The van der Waals surface area contributed by atoms with E-state index >= 15 is 0 Å². The van der Waals surface area contributed by atoms with E-state index in [1.165, 1.54) is 23.3 Å². The van der Waals surface area contributed by atoms with Crippen molar-refractivity contribution in [1.82, 2.24) is 0 Å². The molecule has 0 amide bonds. The second kappa shape index (κ2) is 5.78. The SMILES string of the molecule is O=C(O)c1ccc(OC2CCCc3ccccc32)c(Cl)c1. The van der Waals surface area contributed by atoms with Gasteiger partial charge in [0.25, 0.3) is 0 Å². The van der Waals surface area contributed by atoms with Crippen molar-refractivity contribution in [2.24, 2.45) is 0 Å². The van der Waals surface area contributed by atoms with E-state index in [-0.39, 0.29) is 11.7 Å². The Bertz CT molecular complexity index is 681. The molecule has 0 saturated carbocycles. The number of aryl methyl sites for hydroxylation is 1. The molecule has 4 heteroatoms. The monoisotopic (exact) mass is 302 g/mol. The van der Waals surface area contributed by atoms with Crippen molar-refractivity contribution in [3.05, 3.63) is 64.2 Å². The van der Waals surface area contributed by atoms with Gasteiger partial charge in [-0.05, 0) is 48.6 Å². The average molecular weight is 303 g/mol. The summed E-state index contributed by atoms with van der Waals surface area (Å²) in [6, 6.07) is 12.8. The highest BCUT2D eigenvalue weighted by atomic mass is 35.5. The first-order valence-corrected chi connectivity index (χ1v) is 7.30. The molecule has 3 rings (SSSR count). The van der Waals surface area contributed by atoms with Gasteiger partial charge in [0.1, 0.15) is 11.9 Å². The van der Waals surface area contributed by atoms with E-state index < -0.39 is 5.97 Å². The third-order valence-corrected chi connectivity index (χ3v) is 4.06. The van der Waals surface area contributed by atoms with Crippen LogP contribution >= 0.6 is 11.6 Å². The molecule has 1 aliphatic rings. The minimum atomic E-state index is -0.994. The van der Waals surface area contributed by atoms with Crippen LogP contribution in [0, 0.1) is 0 Å². The topological polar surface area (TPSA) is 46.5 Å². The summed E-state index contributed by atoms with van der Waals surface area (Å²) in [5.41, 5.74) is 2.67. The van der Waals surface area contributed by atoms with Gasteiger partial charge in [-0.15, -0.1) is 0 Å². The van der Waals surface area contributed by atoms with Crippen molar-refractivity contribution in [1.29, 1.82) is 0 Å². The van der Waals surface area contributed by atoms with E-state index in [4.69, 9.17) is 21.4 Å². The number of benzene rings is 2. The third-order valence-electron chi connectivity index (χ3n) is 3.76. The van der Waals surface area contributed by atoms with Gasteiger partial charge in [0.2, 0.25) is 0 Å². The lowest BCUT2D eigenvalue weighted by molar-refractivity contribution is 0.0697. The van der Waals surface area contributed by atoms with Gasteiger partial charge < -0.3 is 9.84 Å². The smallest absolute Gasteiger partial charge is 0.335 e. The number of carbonyl (C=O) groups is 1. The van der Waals surface area contributed by atoms with Gasteiger partial charge >= 0.3 is 5.97 Å². The van der Waals surface area contributed by atoms with Crippen molar-refractivity contribution in [2.75, 3.05) is 0 Å². The van der Waals surface area contributed by atoms with E-state index in [0.717, 1.165) is 19.3 Å². The fourth-order valence-corrected chi connectivity index (χ4v) is 2.94. The van der Waals surface area contributed by atoms with Crippen LogP contribution in [-0.4, -0.2) is 11.1 Å². The number of ether oxygens (including phenoxy) is 1. The van der Waals surface area contributed by atoms with Crippen LogP contribution in [0.15, 0.2) is 42.5 Å². The molecule has 1 unspecified atom stereocenters. The number of carboxylic acid groups (broad SMARTS) is 1. The van der Waals surface area contributed by atoms with Crippen LogP contribution in [0.3, 0.4) is 0 Å². The number of hydrogen-bond donors (Lipinski definition) is 1. The molecule has 1 aliphatic carbocycles. The van der Waals surface area contributed by atoms with Crippen LogP contribution < -0.4 is 4.74 Å². The largest absolute Gasteiger partial charge is 0.484 e. The predicted molar refractivity (Wildman–Crippen MR) is 81.2 cm³/mol. The van der Waals surface area contributed by atoms with Crippen molar-refractivity contribution in [3.8, 4) is 5.75 Å². The van der Waals surface area contributed by atoms with Crippen LogP contribution in [0.2, 0.25) is 5.02 Å². The number of fused-ring (bicyclic) bond motifs is 1. The van der Waals surface area contributed by atoms with Gasteiger partial charge in [-0.25, -0.2) is 4.79 Å². The molecule has 21 heavy (non-hydrogen) atoms. The van der Waals surface area contributed by atoms with Crippen molar-refractivity contribution in [3.63, 3.8) is 0 Å². The first kappa shape index (κ1) is 14.0. The Kier molecular flexibility index (Phi) is 3.84. The van der Waals surface area contributed by atoms with E-state index in [1.807, 2.05) is 12.1 Å². The zero-order chi connectivity index (χ0) is 14.8. The van der Waals surface area contributed by atoms with E-state index in [2.05, 4.69) is 12.1 Å². The molecule has 0 saturated heterocycles. The van der Waals surface area contributed by atoms with Gasteiger partial charge in [-0.3, -0.25) is 0 Å². The van der Waals surface area contributed by atoms with Gasteiger partial charge in [0.05, 0.1) is 10.6 Å². The minimum absolute atomic E-state index is 0.0249. The molecule has 108 valence electrons. The molecule has 0 aliphatic heterocycles. The summed E-state index contributed by atoms with van der Waals surface area (Å²) in [6.45, 7) is 0. The molecule has 0 radical (unpaired) electrons. The van der Waals surface area contributed by atoms with Crippen LogP contribution in [0.5, 0.6) is 5.75 Å². The zero-order valence-electron chi connectivity index (χ0n) is 11.4. The second-order valence-corrected chi connectivity index (χ2v) is 5.56. The summed E-state index contributed by atoms with van der Waals surface area (Å²) >= 11 is 6.13.